The first kappa shape index (κ1) is 25.6. The molecule has 2 aromatic heterocycles. The summed E-state index contributed by atoms with van der Waals surface area (Å²) < 4.78 is 17.3. The van der Waals surface area contributed by atoms with Gasteiger partial charge in [0, 0.05) is 24.4 Å². The number of hydrogen-bond acceptors (Lipinski definition) is 8. The summed E-state index contributed by atoms with van der Waals surface area (Å²) in [6.07, 6.45) is 3.76. The van der Waals surface area contributed by atoms with Gasteiger partial charge in [-0.1, -0.05) is 18.2 Å². The molecule has 0 aliphatic carbocycles. The van der Waals surface area contributed by atoms with Crippen LogP contribution >= 0.6 is 24.2 Å². The van der Waals surface area contributed by atoms with E-state index in [9.17, 15) is 5.11 Å². The van der Waals surface area contributed by atoms with Gasteiger partial charge in [-0.3, -0.25) is 0 Å². The molecule has 1 aliphatic heterocycles. The number of furan rings is 1. The van der Waals surface area contributed by atoms with Crippen molar-refractivity contribution in [2.45, 2.75) is 36.7 Å². The van der Waals surface area contributed by atoms with Crippen molar-refractivity contribution < 1.29 is 18.7 Å². The van der Waals surface area contributed by atoms with E-state index in [0.717, 1.165) is 31.3 Å². The Morgan fingerprint density at radius 3 is 2.66 bits per heavy atom. The van der Waals surface area contributed by atoms with Crippen LogP contribution in [0.5, 0.6) is 5.75 Å². The Labute approximate surface area is 215 Å². The molecule has 35 heavy (non-hydrogen) atoms. The highest BCUT2D eigenvalue weighted by Crippen LogP contribution is 2.33. The number of piperidine rings is 1. The summed E-state index contributed by atoms with van der Waals surface area (Å²) >= 11 is 1.79. The second-order valence-electron chi connectivity index (χ2n) is 8.72. The van der Waals surface area contributed by atoms with Crippen LogP contribution < -0.4 is 4.74 Å². The first-order chi connectivity index (χ1) is 16.6. The van der Waals surface area contributed by atoms with Crippen molar-refractivity contribution in [2.75, 3.05) is 32.5 Å². The van der Waals surface area contributed by atoms with Crippen LogP contribution in [-0.4, -0.2) is 58.8 Å². The summed E-state index contributed by atoms with van der Waals surface area (Å²) in [5.74, 6) is 2.57. The first-order valence-electron chi connectivity index (χ1n) is 11.6. The Morgan fingerprint density at radius 1 is 1.11 bits per heavy atom. The van der Waals surface area contributed by atoms with Crippen LogP contribution in [0.3, 0.4) is 0 Å². The van der Waals surface area contributed by atoms with Crippen molar-refractivity contribution in [1.82, 2.24) is 15.1 Å². The van der Waals surface area contributed by atoms with Crippen molar-refractivity contribution in [3.63, 3.8) is 0 Å². The smallest absolute Gasteiger partial charge is 0.283 e. The van der Waals surface area contributed by atoms with E-state index >= 15 is 0 Å². The monoisotopic (exact) mass is 515 g/mol. The molecule has 0 amide bonds. The summed E-state index contributed by atoms with van der Waals surface area (Å²) in [7, 11) is 0. The van der Waals surface area contributed by atoms with Crippen LogP contribution in [0.25, 0.3) is 22.6 Å². The third-order valence-electron chi connectivity index (χ3n) is 6.31. The second-order valence-corrected chi connectivity index (χ2v) is 9.60. The number of fused-ring (bicyclic) bond motifs is 1. The van der Waals surface area contributed by atoms with E-state index < -0.39 is 6.10 Å². The molecular weight excluding hydrogens is 486 g/mol. The van der Waals surface area contributed by atoms with E-state index in [1.54, 1.807) is 18.7 Å². The molecule has 1 saturated heterocycles. The number of ether oxygens (including phenoxy) is 1. The quantitative estimate of drug-likeness (QED) is 0.305. The maximum Gasteiger partial charge on any atom is 0.283 e. The van der Waals surface area contributed by atoms with Crippen molar-refractivity contribution in [3.05, 3.63) is 60.0 Å². The molecule has 0 spiro atoms. The largest absolute Gasteiger partial charge is 0.490 e. The van der Waals surface area contributed by atoms with Crippen LogP contribution in [0.4, 0.5) is 0 Å². The molecule has 4 aromatic rings. The molecular formula is C26H30ClN3O4S. The van der Waals surface area contributed by atoms with Gasteiger partial charge in [0.2, 0.25) is 5.89 Å². The molecule has 1 aliphatic rings. The van der Waals surface area contributed by atoms with Crippen molar-refractivity contribution in [2.24, 2.45) is 0 Å². The molecule has 0 unspecified atom stereocenters. The first-order valence-corrected chi connectivity index (χ1v) is 12.8. The minimum Gasteiger partial charge on any atom is -0.490 e. The van der Waals surface area contributed by atoms with E-state index in [1.165, 1.54) is 10.5 Å². The second kappa shape index (κ2) is 11.5. The number of thioether (sulfide) groups is 1. The molecule has 1 fully saturated rings. The standard InChI is InChI=1S/C26H29N3O4S.ClH/c1-17-27-28-26(32-17)25-14-22-23(7-4-8-24(22)33-25)31-16-20(30)15-29-11-9-18(10-12-29)19-5-3-6-21(13-19)34-2;/h3-8,13-14,18,20,30H,9-12,15-16H2,1-2H3;1H/t20-;/m0./s1. The van der Waals surface area contributed by atoms with E-state index in [-0.39, 0.29) is 19.0 Å². The van der Waals surface area contributed by atoms with Gasteiger partial charge in [0.1, 0.15) is 24.0 Å². The van der Waals surface area contributed by atoms with E-state index in [2.05, 4.69) is 45.6 Å². The topological polar surface area (TPSA) is 84.8 Å². The molecule has 9 heteroatoms. The average molecular weight is 516 g/mol. The van der Waals surface area contributed by atoms with E-state index in [0.29, 0.717) is 41.3 Å². The molecule has 5 rings (SSSR count). The summed E-state index contributed by atoms with van der Waals surface area (Å²) in [6, 6.07) is 16.3. The third kappa shape index (κ3) is 6.01. The zero-order valence-corrected chi connectivity index (χ0v) is 21.5. The van der Waals surface area contributed by atoms with Crippen LogP contribution in [0.2, 0.25) is 0 Å². The van der Waals surface area contributed by atoms with E-state index in [4.69, 9.17) is 13.6 Å². The summed E-state index contributed by atoms with van der Waals surface area (Å²) in [4.78, 5) is 3.65. The number of nitrogens with zero attached hydrogens (tertiary/aromatic N) is 3. The molecule has 1 atom stereocenters. The van der Waals surface area contributed by atoms with Gasteiger partial charge in [-0.05, 0) is 67.9 Å². The average Bonchev–Trinajstić information content (AvgIpc) is 3.49. The van der Waals surface area contributed by atoms with Gasteiger partial charge in [-0.15, -0.1) is 34.4 Å². The van der Waals surface area contributed by atoms with Gasteiger partial charge in [0.15, 0.2) is 5.76 Å². The minimum absolute atomic E-state index is 0. The molecule has 186 valence electrons. The lowest BCUT2D eigenvalue weighted by molar-refractivity contribution is 0.0599. The Balaban J connectivity index is 0.00000289. The number of hydrogen-bond donors (Lipinski definition) is 1. The number of halogens is 1. The number of aromatic nitrogens is 2. The Bertz CT molecular complexity index is 1250. The zero-order valence-electron chi connectivity index (χ0n) is 19.8. The maximum absolute atomic E-state index is 10.6. The van der Waals surface area contributed by atoms with Crippen LogP contribution in [0, 0.1) is 6.92 Å². The van der Waals surface area contributed by atoms with Gasteiger partial charge in [0.05, 0.1) is 5.39 Å². The minimum atomic E-state index is -0.573. The van der Waals surface area contributed by atoms with E-state index in [1.807, 2.05) is 24.3 Å². The summed E-state index contributed by atoms with van der Waals surface area (Å²) in [5.41, 5.74) is 2.10. The molecule has 7 nitrogen and oxygen atoms in total. The van der Waals surface area contributed by atoms with Crippen molar-refractivity contribution in [3.8, 4) is 17.4 Å². The number of benzene rings is 2. The summed E-state index contributed by atoms with van der Waals surface area (Å²) in [5, 5.41) is 19.3. The Hall–Kier alpha value is -2.52. The summed E-state index contributed by atoms with van der Waals surface area (Å²) in [6.45, 7) is 4.52. The Kier molecular flexibility index (Phi) is 8.38. The fraction of sp³-hybridized carbons (Fsp3) is 0.385. The number of aliphatic hydroxyl groups excluding tert-OH is 1. The number of aliphatic hydroxyl groups is 1. The zero-order chi connectivity index (χ0) is 23.5. The highest BCUT2D eigenvalue weighted by Gasteiger charge is 2.23. The lowest BCUT2D eigenvalue weighted by atomic mass is 9.89. The number of β-amino-alcohol motifs (C(OH)–C–C–N with tert-alkyl or cyclic N) is 1. The van der Waals surface area contributed by atoms with Crippen LogP contribution in [0.15, 0.2) is 62.3 Å². The number of likely N-dealkylation sites (tertiary alicyclic amines) is 1. The molecule has 1 N–H and O–H groups in total. The van der Waals surface area contributed by atoms with Crippen LogP contribution in [0.1, 0.15) is 30.2 Å². The molecule has 0 bridgehead atoms. The molecule has 2 aromatic carbocycles. The van der Waals surface area contributed by atoms with Crippen molar-refractivity contribution >= 4 is 35.1 Å². The number of rotatable bonds is 8. The van der Waals surface area contributed by atoms with Gasteiger partial charge >= 0.3 is 0 Å². The maximum atomic E-state index is 10.6. The highest BCUT2D eigenvalue weighted by atomic mass is 35.5. The highest BCUT2D eigenvalue weighted by molar-refractivity contribution is 7.98. The predicted octanol–water partition coefficient (Wildman–Crippen LogP) is 5.55. The normalized spacial score (nSPS) is 15.7. The van der Waals surface area contributed by atoms with Crippen molar-refractivity contribution in [1.29, 1.82) is 0 Å². The lowest BCUT2D eigenvalue weighted by Gasteiger charge is -2.33. The van der Waals surface area contributed by atoms with Gasteiger partial charge in [0.25, 0.3) is 5.89 Å². The number of aryl methyl sites for hydroxylation is 1. The molecule has 0 radical (unpaired) electrons. The SMILES string of the molecule is CSc1cccc(C2CCN(C[C@H](O)COc3cccc4oc(-c5nnc(C)o5)cc34)CC2)c1.Cl. The molecule has 3 heterocycles. The van der Waals surface area contributed by atoms with Crippen LogP contribution in [-0.2, 0) is 0 Å². The lowest BCUT2D eigenvalue weighted by Crippen LogP contribution is -2.40. The Morgan fingerprint density at radius 2 is 1.91 bits per heavy atom. The molecule has 0 saturated carbocycles. The fourth-order valence-electron chi connectivity index (χ4n) is 4.54. The van der Waals surface area contributed by atoms with Gasteiger partial charge in [-0.2, -0.15) is 0 Å². The fourth-order valence-corrected chi connectivity index (χ4v) is 5.01. The third-order valence-corrected chi connectivity index (χ3v) is 7.04. The predicted molar refractivity (Wildman–Crippen MR) is 140 cm³/mol. The van der Waals surface area contributed by atoms with Gasteiger partial charge in [-0.25, -0.2) is 0 Å². The van der Waals surface area contributed by atoms with Gasteiger partial charge < -0.3 is 23.6 Å².